The van der Waals surface area contributed by atoms with Crippen LogP contribution >= 0.6 is 0 Å². The van der Waals surface area contributed by atoms with Crippen molar-refractivity contribution in [2.24, 2.45) is 0 Å². The highest BCUT2D eigenvalue weighted by Crippen LogP contribution is 2.37. The van der Waals surface area contributed by atoms with Crippen molar-refractivity contribution in [1.29, 1.82) is 0 Å². The number of methoxy groups -OCH3 is 1. The van der Waals surface area contributed by atoms with Gasteiger partial charge in [0.1, 0.15) is 17.1 Å². The van der Waals surface area contributed by atoms with Crippen molar-refractivity contribution >= 4 is 34.3 Å². The SMILES string of the molecule is CCN1CCC(NC(=O)c2ccc(Nc3ncc(C(F)(F)F)c(NC4CCCC4N(C)S(C)=O)n3)c(OC)c2)CC1. The van der Waals surface area contributed by atoms with Crippen LogP contribution in [0, 0.1) is 0 Å². The number of nitrogens with zero attached hydrogens (tertiary/aromatic N) is 4. The van der Waals surface area contributed by atoms with Crippen molar-refractivity contribution in [3.63, 3.8) is 0 Å². The lowest BCUT2D eigenvalue weighted by atomic mass is 10.0. The number of carbonyl (C=O) groups excluding carboxylic acids is 1. The number of alkyl halides is 3. The molecule has 1 aliphatic carbocycles. The number of benzene rings is 1. The van der Waals surface area contributed by atoms with Gasteiger partial charge in [-0.1, -0.05) is 6.92 Å². The Morgan fingerprint density at radius 3 is 2.59 bits per heavy atom. The average molecular weight is 598 g/mol. The van der Waals surface area contributed by atoms with E-state index in [1.807, 2.05) is 0 Å². The molecule has 1 saturated heterocycles. The molecule has 1 aromatic heterocycles. The lowest BCUT2D eigenvalue weighted by molar-refractivity contribution is -0.137. The standard InChI is InChI=1S/C27H38F3N7O3S/c1-5-37-13-11-18(12-14-37)32-25(38)17-9-10-21(23(15-17)40-3)34-26-31-16-19(27(28,29)30)24(35-26)33-20-7-6-8-22(20)36(2)41(4)39/h9-10,15-16,18,20,22H,5-8,11-14H2,1-4H3,(H,32,38)(H2,31,33,34,35). The second-order valence-electron chi connectivity index (χ2n) is 10.4. The molecule has 226 valence electrons. The number of likely N-dealkylation sites (tertiary alicyclic amines) is 1. The van der Waals surface area contributed by atoms with Gasteiger partial charge in [-0.15, -0.1) is 0 Å². The fourth-order valence-electron chi connectivity index (χ4n) is 5.39. The highest BCUT2D eigenvalue weighted by atomic mass is 32.2. The molecule has 2 aliphatic rings. The quantitative estimate of drug-likeness (QED) is 0.377. The van der Waals surface area contributed by atoms with E-state index in [0.717, 1.165) is 45.1 Å². The van der Waals surface area contributed by atoms with Crippen LogP contribution in [0.1, 0.15) is 54.9 Å². The van der Waals surface area contributed by atoms with Crippen LogP contribution in [0.2, 0.25) is 0 Å². The maximum Gasteiger partial charge on any atom is 0.421 e. The number of anilines is 3. The van der Waals surface area contributed by atoms with Gasteiger partial charge in [0.05, 0.1) is 23.8 Å². The van der Waals surface area contributed by atoms with Gasteiger partial charge in [-0.3, -0.25) is 4.79 Å². The van der Waals surface area contributed by atoms with Crippen molar-refractivity contribution in [3.8, 4) is 5.75 Å². The predicted molar refractivity (Wildman–Crippen MR) is 153 cm³/mol. The van der Waals surface area contributed by atoms with Gasteiger partial charge in [0.15, 0.2) is 0 Å². The molecule has 10 nitrogen and oxygen atoms in total. The van der Waals surface area contributed by atoms with Crippen LogP contribution in [0.5, 0.6) is 5.75 Å². The van der Waals surface area contributed by atoms with Crippen LogP contribution in [0.4, 0.5) is 30.6 Å². The summed E-state index contributed by atoms with van der Waals surface area (Å²) >= 11 is 0. The zero-order chi connectivity index (χ0) is 29.7. The fraction of sp³-hybridized carbons (Fsp3) is 0.593. The Labute approximate surface area is 241 Å². The summed E-state index contributed by atoms with van der Waals surface area (Å²) in [6, 6.07) is 4.33. The summed E-state index contributed by atoms with van der Waals surface area (Å²) < 4.78 is 60.7. The van der Waals surface area contributed by atoms with E-state index in [-0.39, 0.29) is 35.8 Å². The number of rotatable bonds is 10. The van der Waals surface area contributed by atoms with Crippen molar-refractivity contribution in [1.82, 2.24) is 24.5 Å². The normalized spacial score (nSPS) is 21.1. The molecule has 2 heterocycles. The third-order valence-electron chi connectivity index (χ3n) is 7.85. The Hall–Kier alpha value is -2.97. The van der Waals surface area contributed by atoms with Crippen LogP contribution in [0.3, 0.4) is 0 Å². The Bertz CT molecular complexity index is 1240. The maximum absolute atomic E-state index is 13.8. The fourth-order valence-corrected chi connectivity index (χ4v) is 6.02. The van der Waals surface area contributed by atoms with Gasteiger partial charge in [0, 0.05) is 56.3 Å². The predicted octanol–water partition coefficient (Wildman–Crippen LogP) is 4.02. The van der Waals surface area contributed by atoms with Crippen molar-refractivity contribution in [2.75, 3.05) is 50.7 Å². The largest absolute Gasteiger partial charge is 0.495 e. The second kappa shape index (κ2) is 13.3. The minimum atomic E-state index is -4.67. The van der Waals surface area contributed by atoms with Crippen LogP contribution in [0.25, 0.3) is 0 Å². The highest BCUT2D eigenvalue weighted by Gasteiger charge is 2.38. The maximum atomic E-state index is 13.8. The first-order valence-corrected chi connectivity index (χ1v) is 15.3. The molecular formula is C27H38F3N7O3S. The molecule has 1 saturated carbocycles. The number of likely N-dealkylation sites (N-methyl/N-ethyl adjacent to an activating group) is 1. The van der Waals surface area contributed by atoms with Crippen molar-refractivity contribution < 1.29 is 26.9 Å². The summed E-state index contributed by atoms with van der Waals surface area (Å²) in [5, 5.41) is 8.96. The molecule has 2 aromatic rings. The highest BCUT2D eigenvalue weighted by molar-refractivity contribution is 7.81. The van der Waals surface area contributed by atoms with Gasteiger partial charge >= 0.3 is 6.18 Å². The zero-order valence-corrected chi connectivity index (χ0v) is 24.6. The smallest absolute Gasteiger partial charge is 0.421 e. The summed E-state index contributed by atoms with van der Waals surface area (Å²) in [5.74, 6) is -0.322. The molecule has 1 aromatic carbocycles. The molecule has 0 spiro atoms. The van der Waals surface area contributed by atoms with E-state index in [0.29, 0.717) is 29.8 Å². The molecule has 2 fully saturated rings. The van der Waals surface area contributed by atoms with Crippen LogP contribution in [-0.2, 0) is 17.2 Å². The van der Waals surface area contributed by atoms with E-state index in [1.165, 1.54) is 7.11 Å². The van der Waals surface area contributed by atoms with Gasteiger partial charge in [0.25, 0.3) is 5.91 Å². The Balaban J connectivity index is 1.51. The lowest BCUT2D eigenvalue weighted by Gasteiger charge is -2.31. The minimum Gasteiger partial charge on any atom is -0.495 e. The number of hydrogen-bond donors (Lipinski definition) is 3. The molecule has 1 aliphatic heterocycles. The molecule has 3 unspecified atom stereocenters. The summed E-state index contributed by atoms with van der Waals surface area (Å²) in [6.07, 6.45) is 1.48. The van der Waals surface area contributed by atoms with E-state index in [2.05, 4.69) is 37.7 Å². The summed E-state index contributed by atoms with van der Waals surface area (Å²) in [6.45, 7) is 4.99. The number of ether oxygens (including phenoxy) is 1. The lowest BCUT2D eigenvalue weighted by Crippen LogP contribution is -2.44. The summed E-state index contributed by atoms with van der Waals surface area (Å²) in [7, 11) is 1.88. The number of aromatic nitrogens is 2. The summed E-state index contributed by atoms with van der Waals surface area (Å²) in [4.78, 5) is 23.3. The average Bonchev–Trinajstić information content (AvgIpc) is 3.40. The molecule has 14 heteroatoms. The summed E-state index contributed by atoms with van der Waals surface area (Å²) in [5.41, 5.74) is -0.186. The minimum absolute atomic E-state index is 0.0688. The Morgan fingerprint density at radius 1 is 1.22 bits per heavy atom. The number of hydrogen-bond acceptors (Lipinski definition) is 8. The van der Waals surface area contributed by atoms with Crippen LogP contribution in [-0.4, -0.2) is 87.5 Å². The number of carbonyl (C=O) groups is 1. The third-order valence-corrected chi connectivity index (χ3v) is 8.93. The number of amides is 1. The van der Waals surface area contributed by atoms with Crippen LogP contribution < -0.4 is 20.7 Å². The molecular weight excluding hydrogens is 559 g/mol. The number of nitrogens with one attached hydrogen (secondary N) is 3. The molecule has 4 rings (SSSR count). The molecule has 0 radical (unpaired) electrons. The van der Waals surface area contributed by atoms with Gasteiger partial charge in [-0.2, -0.15) is 18.2 Å². The topological polar surface area (TPSA) is 112 Å². The van der Waals surface area contributed by atoms with E-state index < -0.39 is 22.7 Å². The van der Waals surface area contributed by atoms with E-state index in [4.69, 9.17) is 4.74 Å². The van der Waals surface area contributed by atoms with Gasteiger partial charge in [0.2, 0.25) is 5.95 Å². The number of piperidine rings is 1. The first-order valence-electron chi connectivity index (χ1n) is 13.8. The van der Waals surface area contributed by atoms with Crippen LogP contribution in [0.15, 0.2) is 24.4 Å². The van der Waals surface area contributed by atoms with Crippen molar-refractivity contribution in [2.45, 2.75) is 63.3 Å². The monoisotopic (exact) mass is 597 g/mol. The Morgan fingerprint density at radius 2 is 1.95 bits per heavy atom. The molecule has 1 amide bonds. The second-order valence-corrected chi connectivity index (χ2v) is 11.8. The Kier molecular flexibility index (Phi) is 10.1. The van der Waals surface area contributed by atoms with E-state index in [9.17, 15) is 22.2 Å². The molecule has 3 atom stereocenters. The van der Waals surface area contributed by atoms with Gasteiger partial charge in [-0.05, 0) is 56.8 Å². The van der Waals surface area contributed by atoms with Gasteiger partial charge < -0.3 is 25.6 Å². The molecule has 3 N–H and O–H groups in total. The first-order chi connectivity index (χ1) is 19.5. The van der Waals surface area contributed by atoms with E-state index in [1.54, 1.807) is 35.8 Å². The molecule has 0 bridgehead atoms. The number of halogens is 3. The van der Waals surface area contributed by atoms with Gasteiger partial charge in [-0.25, -0.2) is 13.5 Å². The van der Waals surface area contributed by atoms with E-state index >= 15 is 0 Å². The first kappa shape index (κ1) is 31.0. The van der Waals surface area contributed by atoms with Crippen molar-refractivity contribution in [3.05, 3.63) is 35.5 Å². The zero-order valence-electron chi connectivity index (χ0n) is 23.8. The molecule has 41 heavy (non-hydrogen) atoms. The third kappa shape index (κ3) is 7.66.